The summed E-state index contributed by atoms with van der Waals surface area (Å²) >= 11 is 0. The number of hydrogen-bond donors (Lipinski definition) is 0. The Morgan fingerprint density at radius 3 is 2.00 bits per heavy atom. The molecular weight excluding hydrogens is 115 g/mol. The van der Waals surface area contributed by atoms with Crippen LogP contribution < -0.4 is 0 Å². The molecule has 0 heterocycles. The zero-order valence-corrected chi connectivity index (χ0v) is 7.30. The summed E-state index contributed by atoms with van der Waals surface area (Å²) in [6.45, 7) is 6.80. The van der Waals surface area contributed by atoms with Gasteiger partial charge in [0, 0.05) is 0 Å². The van der Waals surface area contributed by atoms with Crippen LogP contribution in [0.1, 0.15) is 33.6 Å². The molecule has 0 spiro atoms. The second-order valence-electron chi connectivity index (χ2n) is 2.63. The second kappa shape index (κ2) is 4.32. The molecule has 0 amide bonds. The van der Waals surface area contributed by atoms with Crippen molar-refractivity contribution < 1.29 is 0 Å². The van der Waals surface area contributed by atoms with E-state index in [2.05, 4.69) is 30.0 Å². The van der Waals surface area contributed by atoms with E-state index in [1.807, 2.05) is 0 Å². The predicted molar refractivity (Wildman–Crippen MR) is 43.2 cm³/mol. The molecular formula is C7H17P. The third kappa shape index (κ3) is 3.43. The average molecular weight is 132 g/mol. The molecule has 0 bridgehead atoms. The molecule has 0 saturated carbocycles. The average Bonchev–Trinajstić information content (AvgIpc) is 1.67. The molecule has 8 heavy (non-hydrogen) atoms. The van der Waals surface area contributed by atoms with Crippen LogP contribution in [0, 0.1) is 5.92 Å². The molecule has 0 N–H and O–H groups in total. The largest absolute Gasteiger partial charge is 0.134 e. The fourth-order valence-corrected chi connectivity index (χ4v) is 0.911. The molecule has 0 nitrogen and oxygen atoms in total. The van der Waals surface area contributed by atoms with Crippen LogP contribution in [0.4, 0.5) is 0 Å². The number of rotatable bonds is 3. The summed E-state index contributed by atoms with van der Waals surface area (Å²) < 4.78 is 0. The zero-order chi connectivity index (χ0) is 6.57. The van der Waals surface area contributed by atoms with E-state index in [0.29, 0.717) is 0 Å². The highest BCUT2D eigenvalue weighted by molar-refractivity contribution is 7.17. The van der Waals surface area contributed by atoms with Crippen molar-refractivity contribution in [2.75, 3.05) is 0 Å². The molecule has 50 valence electrons. The summed E-state index contributed by atoms with van der Waals surface area (Å²) in [5, 5.41) is 0. The van der Waals surface area contributed by atoms with Gasteiger partial charge in [-0.05, 0) is 11.6 Å². The Bertz CT molecular complexity index is 50.3. The van der Waals surface area contributed by atoms with Crippen LogP contribution in [-0.4, -0.2) is 5.66 Å². The summed E-state index contributed by atoms with van der Waals surface area (Å²) in [5.74, 6) is 0.880. The van der Waals surface area contributed by atoms with Crippen LogP contribution in [0.25, 0.3) is 0 Å². The van der Waals surface area contributed by atoms with Crippen molar-refractivity contribution in [2.24, 2.45) is 5.92 Å². The molecule has 0 rings (SSSR count). The smallest absolute Gasteiger partial charge is 0.0267 e. The highest BCUT2D eigenvalue weighted by Crippen LogP contribution is 2.16. The minimum atomic E-state index is 0.787. The van der Waals surface area contributed by atoms with Crippen LogP contribution in [0.3, 0.4) is 0 Å². The lowest BCUT2D eigenvalue weighted by Crippen LogP contribution is -2.04. The first-order chi connectivity index (χ1) is 3.68. The molecule has 0 aromatic rings. The van der Waals surface area contributed by atoms with Gasteiger partial charge < -0.3 is 0 Å². The van der Waals surface area contributed by atoms with Crippen molar-refractivity contribution in [1.82, 2.24) is 0 Å². The minimum absolute atomic E-state index is 0.787. The molecule has 0 aliphatic carbocycles. The SMILES string of the molecule is CCCC(C)C(C)P. The van der Waals surface area contributed by atoms with E-state index in [1.54, 1.807) is 0 Å². The fourth-order valence-electron chi connectivity index (χ4n) is 0.718. The van der Waals surface area contributed by atoms with Crippen LogP contribution in [0.2, 0.25) is 0 Å². The minimum Gasteiger partial charge on any atom is -0.134 e. The molecule has 3 unspecified atom stereocenters. The highest BCUT2D eigenvalue weighted by Gasteiger charge is 2.03. The standard InChI is InChI=1S/C7H17P/c1-4-5-6(2)7(3)8/h6-7H,4-5,8H2,1-3H3. The summed E-state index contributed by atoms with van der Waals surface area (Å²) in [5.41, 5.74) is 0.787. The maximum Gasteiger partial charge on any atom is -0.0267 e. The molecule has 0 aromatic carbocycles. The van der Waals surface area contributed by atoms with Gasteiger partial charge in [-0.15, -0.1) is 9.24 Å². The molecule has 1 heteroatoms. The quantitative estimate of drug-likeness (QED) is 0.518. The van der Waals surface area contributed by atoms with Gasteiger partial charge in [0.2, 0.25) is 0 Å². The van der Waals surface area contributed by atoms with Crippen molar-refractivity contribution in [2.45, 2.75) is 39.3 Å². The van der Waals surface area contributed by atoms with Gasteiger partial charge in [-0.25, -0.2) is 0 Å². The van der Waals surface area contributed by atoms with Gasteiger partial charge in [-0.2, -0.15) is 0 Å². The van der Waals surface area contributed by atoms with E-state index in [1.165, 1.54) is 12.8 Å². The van der Waals surface area contributed by atoms with Gasteiger partial charge in [0.25, 0.3) is 0 Å². The van der Waals surface area contributed by atoms with Gasteiger partial charge in [0.05, 0.1) is 0 Å². The second-order valence-corrected chi connectivity index (χ2v) is 3.68. The van der Waals surface area contributed by atoms with Gasteiger partial charge in [0.1, 0.15) is 0 Å². The zero-order valence-electron chi connectivity index (χ0n) is 6.15. The van der Waals surface area contributed by atoms with Crippen molar-refractivity contribution >= 4 is 9.24 Å². The lowest BCUT2D eigenvalue weighted by Gasteiger charge is -2.12. The maximum absolute atomic E-state index is 2.85. The Hall–Kier alpha value is 0.430. The number of hydrogen-bond acceptors (Lipinski definition) is 0. The Kier molecular flexibility index (Phi) is 4.56. The van der Waals surface area contributed by atoms with Crippen LogP contribution in [0.5, 0.6) is 0 Å². The molecule has 0 saturated heterocycles. The molecule has 0 fully saturated rings. The topological polar surface area (TPSA) is 0 Å². The third-order valence-electron chi connectivity index (χ3n) is 1.64. The molecule has 0 aromatic heterocycles. The van der Waals surface area contributed by atoms with E-state index in [9.17, 15) is 0 Å². The Morgan fingerprint density at radius 1 is 1.38 bits per heavy atom. The predicted octanol–water partition coefficient (Wildman–Crippen LogP) is 2.69. The fraction of sp³-hybridized carbons (Fsp3) is 1.00. The maximum atomic E-state index is 2.85. The van der Waals surface area contributed by atoms with Gasteiger partial charge in [-0.1, -0.05) is 33.6 Å². The van der Waals surface area contributed by atoms with Crippen molar-refractivity contribution in [3.05, 3.63) is 0 Å². The molecule has 0 aliphatic rings. The van der Waals surface area contributed by atoms with Crippen molar-refractivity contribution in [3.63, 3.8) is 0 Å². The van der Waals surface area contributed by atoms with E-state index in [0.717, 1.165) is 11.6 Å². The first-order valence-corrected chi connectivity index (χ1v) is 4.10. The van der Waals surface area contributed by atoms with Gasteiger partial charge in [0.15, 0.2) is 0 Å². The first kappa shape index (κ1) is 8.43. The molecule has 0 aliphatic heterocycles. The monoisotopic (exact) mass is 132 g/mol. The van der Waals surface area contributed by atoms with Crippen molar-refractivity contribution in [1.29, 1.82) is 0 Å². The summed E-state index contributed by atoms with van der Waals surface area (Å²) in [7, 11) is 2.85. The lowest BCUT2D eigenvalue weighted by atomic mass is 10.0. The third-order valence-corrected chi connectivity index (χ3v) is 2.30. The van der Waals surface area contributed by atoms with Crippen LogP contribution >= 0.6 is 9.24 Å². The van der Waals surface area contributed by atoms with Gasteiger partial charge in [-0.3, -0.25) is 0 Å². The van der Waals surface area contributed by atoms with E-state index >= 15 is 0 Å². The molecule has 0 radical (unpaired) electrons. The Balaban J connectivity index is 3.17. The van der Waals surface area contributed by atoms with Crippen LogP contribution in [0.15, 0.2) is 0 Å². The van der Waals surface area contributed by atoms with E-state index in [-0.39, 0.29) is 0 Å². The normalized spacial score (nSPS) is 18.0. The Labute approximate surface area is 55.3 Å². The Morgan fingerprint density at radius 2 is 1.88 bits per heavy atom. The molecule has 3 atom stereocenters. The van der Waals surface area contributed by atoms with E-state index in [4.69, 9.17) is 0 Å². The van der Waals surface area contributed by atoms with E-state index < -0.39 is 0 Å². The van der Waals surface area contributed by atoms with Crippen LogP contribution in [-0.2, 0) is 0 Å². The van der Waals surface area contributed by atoms with Crippen molar-refractivity contribution in [3.8, 4) is 0 Å². The summed E-state index contributed by atoms with van der Waals surface area (Å²) in [4.78, 5) is 0. The lowest BCUT2D eigenvalue weighted by molar-refractivity contribution is 0.520. The summed E-state index contributed by atoms with van der Waals surface area (Å²) in [6, 6.07) is 0. The summed E-state index contributed by atoms with van der Waals surface area (Å²) in [6.07, 6.45) is 2.69. The first-order valence-electron chi connectivity index (χ1n) is 3.44. The van der Waals surface area contributed by atoms with Gasteiger partial charge >= 0.3 is 0 Å². The highest BCUT2D eigenvalue weighted by atomic mass is 31.0.